The molecule has 2 rings (SSSR count). The van der Waals surface area contributed by atoms with Crippen LogP contribution in [0.1, 0.15) is 32.6 Å². The first-order valence-corrected chi connectivity index (χ1v) is 5.86. The molecule has 0 aromatic rings. The van der Waals surface area contributed by atoms with Gasteiger partial charge in [-0.3, -0.25) is 4.79 Å². The van der Waals surface area contributed by atoms with Crippen molar-refractivity contribution in [1.82, 2.24) is 10.6 Å². The number of carboxylic acids is 1. The molecular formula is C11H18N2O3. The largest absolute Gasteiger partial charge is 0.480 e. The highest BCUT2D eigenvalue weighted by Crippen LogP contribution is 2.44. The Morgan fingerprint density at radius 3 is 2.56 bits per heavy atom. The van der Waals surface area contributed by atoms with Crippen LogP contribution in [-0.2, 0) is 4.79 Å². The molecule has 0 spiro atoms. The number of aliphatic carboxylic acids is 1. The fraction of sp³-hybridized carbons (Fsp3) is 0.818. The van der Waals surface area contributed by atoms with Crippen LogP contribution in [0.5, 0.6) is 0 Å². The van der Waals surface area contributed by atoms with Crippen LogP contribution in [0.15, 0.2) is 0 Å². The molecule has 2 amide bonds. The van der Waals surface area contributed by atoms with Gasteiger partial charge in [0.2, 0.25) is 0 Å². The van der Waals surface area contributed by atoms with E-state index in [-0.39, 0.29) is 12.1 Å². The second-order valence-electron chi connectivity index (χ2n) is 4.96. The van der Waals surface area contributed by atoms with E-state index in [0.29, 0.717) is 5.92 Å². The van der Waals surface area contributed by atoms with Gasteiger partial charge < -0.3 is 15.7 Å². The molecule has 4 atom stereocenters. The van der Waals surface area contributed by atoms with E-state index in [1.165, 1.54) is 26.2 Å². The predicted molar refractivity (Wildman–Crippen MR) is 58.0 cm³/mol. The molecule has 2 aliphatic carbocycles. The monoisotopic (exact) mass is 226 g/mol. The Bertz CT molecular complexity index is 306. The fourth-order valence-corrected chi connectivity index (χ4v) is 2.89. The minimum Gasteiger partial charge on any atom is -0.480 e. The van der Waals surface area contributed by atoms with Crippen molar-refractivity contribution in [2.45, 2.75) is 44.7 Å². The molecule has 0 aliphatic heterocycles. The lowest BCUT2D eigenvalue weighted by atomic mass is 9.95. The van der Waals surface area contributed by atoms with E-state index in [9.17, 15) is 9.59 Å². The van der Waals surface area contributed by atoms with Gasteiger partial charge in [-0.2, -0.15) is 0 Å². The van der Waals surface area contributed by atoms with Crippen molar-refractivity contribution >= 4 is 12.0 Å². The third kappa shape index (κ3) is 2.28. The zero-order valence-electron chi connectivity index (χ0n) is 9.40. The first-order valence-electron chi connectivity index (χ1n) is 5.86. The summed E-state index contributed by atoms with van der Waals surface area (Å²) in [5.41, 5.74) is 0. The zero-order valence-corrected chi connectivity index (χ0v) is 9.40. The van der Waals surface area contributed by atoms with Gasteiger partial charge in [0.1, 0.15) is 6.04 Å². The quantitative estimate of drug-likeness (QED) is 0.670. The van der Waals surface area contributed by atoms with Gasteiger partial charge in [0.05, 0.1) is 0 Å². The number of fused-ring (bicyclic) bond motifs is 2. The van der Waals surface area contributed by atoms with Gasteiger partial charge in [-0.1, -0.05) is 6.42 Å². The lowest BCUT2D eigenvalue weighted by molar-refractivity contribution is -0.138. The van der Waals surface area contributed by atoms with Gasteiger partial charge in [-0.05, 0) is 38.0 Å². The molecule has 90 valence electrons. The standard InChI is InChI=1S/C11H18N2O3/c1-6(10(14)15)12-11(16)13-9-5-7-2-3-8(9)4-7/h6-9H,2-5H2,1H3,(H,14,15)(H2,12,13,16). The number of amides is 2. The predicted octanol–water partition coefficient (Wildman–Crippen LogP) is 0.947. The molecule has 0 saturated heterocycles. The van der Waals surface area contributed by atoms with Crippen LogP contribution in [0.4, 0.5) is 4.79 Å². The summed E-state index contributed by atoms with van der Waals surface area (Å²) in [5.74, 6) is 0.367. The van der Waals surface area contributed by atoms with Gasteiger partial charge in [-0.15, -0.1) is 0 Å². The van der Waals surface area contributed by atoms with E-state index in [1.54, 1.807) is 0 Å². The molecule has 4 unspecified atom stereocenters. The highest BCUT2D eigenvalue weighted by Gasteiger charge is 2.40. The Hall–Kier alpha value is -1.26. The minimum absolute atomic E-state index is 0.250. The number of carbonyl (C=O) groups is 2. The molecule has 0 heterocycles. The van der Waals surface area contributed by atoms with Crippen molar-refractivity contribution in [2.75, 3.05) is 0 Å². The Morgan fingerprint density at radius 2 is 2.06 bits per heavy atom. The topological polar surface area (TPSA) is 78.4 Å². The van der Waals surface area contributed by atoms with E-state index in [2.05, 4.69) is 10.6 Å². The van der Waals surface area contributed by atoms with Gasteiger partial charge in [-0.25, -0.2) is 4.79 Å². The Labute approximate surface area is 94.6 Å². The molecule has 2 saturated carbocycles. The molecule has 0 radical (unpaired) electrons. The number of nitrogens with one attached hydrogen (secondary N) is 2. The number of rotatable bonds is 3. The van der Waals surface area contributed by atoms with Crippen molar-refractivity contribution in [1.29, 1.82) is 0 Å². The van der Waals surface area contributed by atoms with Crippen molar-refractivity contribution in [3.63, 3.8) is 0 Å². The number of carboxylic acid groups (broad SMARTS) is 1. The third-order valence-corrected chi connectivity index (χ3v) is 3.77. The smallest absolute Gasteiger partial charge is 0.325 e. The number of hydrogen-bond acceptors (Lipinski definition) is 2. The molecule has 16 heavy (non-hydrogen) atoms. The summed E-state index contributed by atoms with van der Waals surface area (Å²) in [5, 5.41) is 14.0. The summed E-state index contributed by atoms with van der Waals surface area (Å²) in [6, 6.07) is -0.939. The molecule has 5 heteroatoms. The highest BCUT2D eigenvalue weighted by atomic mass is 16.4. The molecule has 5 nitrogen and oxygen atoms in total. The maximum absolute atomic E-state index is 11.5. The average Bonchev–Trinajstić information content (AvgIpc) is 2.78. The van der Waals surface area contributed by atoms with Gasteiger partial charge in [0.15, 0.2) is 0 Å². The first-order chi connectivity index (χ1) is 7.56. The lowest BCUT2D eigenvalue weighted by Gasteiger charge is -2.23. The van der Waals surface area contributed by atoms with Crippen molar-refractivity contribution in [3.05, 3.63) is 0 Å². The lowest BCUT2D eigenvalue weighted by Crippen LogP contribution is -2.49. The van der Waals surface area contributed by atoms with E-state index in [0.717, 1.165) is 12.3 Å². The van der Waals surface area contributed by atoms with E-state index >= 15 is 0 Å². The van der Waals surface area contributed by atoms with Gasteiger partial charge in [0.25, 0.3) is 0 Å². The Morgan fingerprint density at radius 1 is 1.31 bits per heavy atom. The average molecular weight is 226 g/mol. The van der Waals surface area contributed by atoms with Gasteiger partial charge in [0, 0.05) is 6.04 Å². The van der Waals surface area contributed by atoms with Crippen molar-refractivity contribution in [2.24, 2.45) is 11.8 Å². The summed E-state index contributed by atoms with van der Waals surface area (Å²) in [4.78, 5) is 22.1. The molecule has 3 N–H and O–H groups in total. The number of urea groups is 1. The highest BCUT2D eigenvalue weighted by molar-refractivity contribution is 5.82. The normalized spacial score (nSPS) is 33.4. The summed E-state index contributed by atoms with van der Waals surface area (Å²) in [6.45, 7) is 1.46. The fourth-order valence-electron chi connectivity index (χ4n) is 2.89. The summed E-state index contributed by atoms with van der Waals surface area (Å²) >= 11 is 0. The molecule has 2 bridgehead atoms. The van der Waals surface area contributed by atoms with E-state index in [4.69, 9.17) is 5.11 Å². The third-order valence-electron chi connectivity index (χ3n) is 3.77. The maximum atomic E-state index is 11.5. The van der Waals surface area contributed by atoms with Crippen LogP contribution in [0, 0.1) is 11.8 Å². The van der Waals surface area contributed by atoms with Crippen LogP contribution >= 0.6 is 0 Å². The molecule has 2 fully saturated rings. The van der Waals surface area contributed by atoms with Crippen molar-refractivity contribution in [3.8, 4) is 0 Å². The summed E-state index contributed by atoms with van der Waals surface area (Å²) in [7, 11) is 0. The van der Waals surface area contributed by atoms with Crippen LogP contribution < -0.4 is 10.6 Å². The van der Waals surface area contributed by atoms with E-state index < -0.39 is 12.0 Å². The summed E-state index contributed by atoms with van der Waals surface area (Å²) < 4.78 is 0. The van der Waals surface area contributed by atoms with Crippen LogP contribution in [-0.4, -0.2) is 29.2 Å². The van der Waals surface area contributed by atoms with Crippen LogP contribution in [0.2, 0.25) is 0 Å². The first kappa shape index (κ1) is 11.2. The molecular weight excluding hydrogens is 208 g/mol. The van der Waals surface area contributed by atoms with E-state index in [1.807, 2.05) is 0 Å². The molecule has 2 aliphatic rings. The van der Waals surface area contributed by atoms with Gasteiger partial charge >= 0.3 is 12.0 Å². The van der Waals surface area contributed by atoms with Crippen molar-refractivity contribution < 1.29 is 14.7 Å². The second-order valence-corrected chi connectivity index (χ2v) is 4.96. The zero-order chi connectivity index (χ0) is 11.7. The number of hydrogen-bond donors (Lipinski definition) is 3. The van der Waals surface area contributed by atoms with Crippen LogP contribution in [0.3, 0.4) is 0 Å². The second kappa shape index (κ2) is 4.31. The van der Waals surface area contributed by atoms with Crippen LogP contribution in [0.25, 0.3) is 0 Å². The molecule has 0 aromatic heterocycles. The Balaban J connectivity index is 1.77. The SMILES string of the molecule is CC(NC(=O)NC1CC2CCC1C2)C(=O)O. The Kier molecular flexibility index (Phi) is 3.03. The summed E-state index contributed by atoms with van der Waals surface area (Å²) in [6.07, 6.45) is 4.76. The number of carbonyl (C=O) groups excluding carboxylic acids is 1. The maximum Gasteiger partial charge on any atom is 0.325 e. The molecule has 0 aromatic carbocycles. The minimum atomic E-state index is -1.01.